The van der Waals surface area contributed by atoms with Crippen molar-refractivity contribution in [3.8, 4) is 0 Å². The van der Waals surface area contributed by atoms with E-state index in [9.17, 15) is 22.4 Å². The van der Waals surface area contributed by atoms with Gasteiger partial charge in [-0.1, -0.05) is 59.6 Å². The molecule has 0 heterocycles. The lowest BCUT2D eigenvalue weighted by Crippen LogP contribution is -2.50. The summed E-state index contributed by atoms with van der Waals surface area (Å²) in [5.41, 5.74) is 0.195. The number of nitrogens with zero attached hydrogens (tertiary/aromatic N) is 2. The molecule has 0 radical (unpaired) electrons. The summed E-state index contributed by atoms with van der Waals surface area (Å²) in [6.07, 6.45) is 0. The van der Waals surface area contributed by atoms with Crippen molar-refractivity contribution < 1.29 is 22.4 Å². The zero-order chi connectivity index (χ0) is 26.5. The number of amides is 2. The van der Waals surface area contributed by atoms with Crippen LogP contribution in [0.25, 0.3) is 0 Å². The number of carbonyl (C=O) groups excluding carboxylic acids is 2. The van der Waals surface area contributed by atoms with Crippen molar-refractivity contribution in [1.29, 1.82) is 0 Å². The van der Waals surface area contributed by atoms with E-state index in [0.29, 0.717) is 14.9 Å². The van der Waals surface area contributed by atoms with Crippen LogP contribution >= 0.6 is 23.2 Å². The first-order valence-corrected chi connectivity index (χ1v) is 13.0. The number of hydrogen-bond acceptors (Lipinski definition) is 4. The number of nitrogens with one attached hydrogen (secondary N) is 1. The van der Waals surface area contributed by atoms with Gasteiger partial charge < -0.3 is 10.2 Å². The Bertz CT molecular complexity index is 1360. The second kappa shape index (κ2) is 11.7. The van der Waals surface area contributed by atoms with E-state index in [1.54, 1.807) is 18.2 Å². The Balaban J connectivity index is 2.05. The minimum atomic E-state index is -4.34. The molecule has 3 rings (SSSR count). The maximum atomic E-state index is 14.8. The van der Waals surface area contributed by atoms with Gasteiger partial charge in [-0.2, -0.15) is 0 Å². The highest BCUT2D eigenvalue weighted by Gasteiger charge is 2.33. The highest BCUT2D eigenvalue weighted by atomic mass is 35.5. The van der Waals surface area contributed by atoms with Crippen LogP contribution < -0.4 is 9.62 Å². The molecule has 0 bridgehead atoms. The number of hydrogen-bond donors (Lipinski definition) is 1. The quantitative estimate of drug-likeness (QED) is 0.424. The number of likely N-dealkylation sites (N-methyl/N-ethyl adjacent to an activating group) is 1. The lowest BCUT2D eigenvalue weighted by molar-refractivity contribution is -0.139. The predicted octanol–water partition coefficient (Wildman–Crippen LogP) is 4.49. The molecule has 0 aromatic heterocycles. The molecule has 2 amide bonds. The van der Waals surface area contributed by atoms with Crippen LogP contribution in [-0.4, -0.2) is 44.8 Å². The van der Waals surface area contributed by atoms with Crippen molar-refractivity contribution in [2.45, 2.75) is 24.4 Å². The molecule has 7 nitrogen and oxygen atoms in total. The van der Waals surface area contributed by atoms with Gasteiger partial charge in [-0.05, 0) is 48.9 Å². The first-order valence-electron chi connectivity index (χ1n) is 10.8. The summed E-state index contributed by atoms with van der Waals surface area (Å²) >= 11 is 12.3. The SMILES string of the molecule is CNC(=O)[C@@H](C)N(Cc1ccc(Cl)cc1Cl)C(=O)CN(c1ccccc1F)S(=O)(=O)c1ccccc1. The molecule has 1 N–H and O–H groups in total. The van der Waals surface area contributed by atoms with Crippen LogP contribution in [0, 0.1) is 5.82 Å². The van der Waals surface area contributed by atoms with Gasteiger partial charge in [0.1, 0.15) is 18.4 Å². The Hall–Kier alpha value is -3.14. The molecule has 11 heteroatoms. The van der Waals surface area contributed by atoms with Crippen molar-refractivity contribution >= 4 is 50.7 Å². The molecule has 0 fully saturated rings. The molecule has 0 unspecified atom stereocenters. The molecule has 0 saturated heterocycles. The third-order valence-corrected chi connectivity index (χ3v) is 7.86. The third kappa shape index (κ3) is 6.16. The van der Waals surface area contributed by atoms with Gasteiger partial charge in [0.15, 0.2) is 0 Å². The first kappa shape index (κ1) is 27.4. The van der Waals surface area contributed by atoms with Crippen LogP contribution in [0.1, 0.15) is 12.5 Å². The van der Waals surface area contributed by atoms with Crippen molar-refractivity contribution in [3.05, 3.63) is 94.2 Å². The van der Waals surface area contributed by atoms with Crippen molar-refractivity contribution in [2.75, 3.05) is 17.9 Å². The monoisotopic (exact) mass is 551 g/mol. The van der Waals surface area contributed by atoms with Crippen LogP contribution in [0.3, 0.4) is 0 Å². The van der Waals surface area contributed by atoms with E-state index in [0.717, 1.165) is 6.07 Å². The summed E-state index contributed by atoms with van der Waals surface area (Å²) in [6, 6.07) is 16.3. The second-order valence-corrected chi connectivity index (χ2v) is 10.5. The molecule has 0 spiro atoms. The molecule has 0 aliphatic carbocycles. The maximum Gasteiger partial charge on any atom is 0.264 e. The van der Waals surface area contributed by atoms with E-state index in [4.69, 9.17) is 23.2 Å². The smallest absolute Gasteiger partial charge is 0.264 e. The highest BCUT2D eigenvalue weighted by Crippen LogP contribution is 2.28. The number of benzene rings is 3. The molecule has 0 aliphatic rings. The van der Waals surface area contributed by atoms with E-state index in [1.165, 1.54) is 67.4 Å². The Morgan fingerprint density at radius 1 is 1.00 bits per heavy atom. The zero-order valence-corrected chi connectivity index (χ0v) is 21.8. The Morgan fingerprint density at radius 3 is 2.25 bits per heavy atom. The minimum absolute atomic E-state index is 0.111. The van der Waals surface area contributed by atoms with Crippen LogP contribution in [0.2, 0.25) is 10.0 Å². The highest BCUT2D eigenvalue weighted by molar-refractivity contribution is 7.92. The van der Waals surface area contributed by atoms with Crippen LogP contribution in [0.5, 0.6) is 0 Å². The van der Waals surface area contributed by atoms with Gasteiger partial charge in [0.2, 0.25) is 11.8 Å². The fourth-order valence-electron chi connectivity index (χ4n) is 3.51. The molecule has 3 aromatic rings. The lowest BCUT2D eigenvalue weighted by atomic mass is 10.1. The summed E-state index contributed by atoms with van der Waals surface area (Å²) in [4.78, 5) is 27.1. The minimum Gasteiger partial charge on any atom is -0.357 e. The number of anilines is 1. The van der Waals surface area contributed by atoms with E-state index in [1.807, 2.05) is 0 Å². The summed E-state index contributed by atoms with van der Waals surface area (Å²) in [6.45, 7) is 0.629. The Morgan fingerprint density at radius 2 is 1.64 bits per heavy atom. The molecular weight excluding hydrogens is 528 g/mol. The number of rotatable bonds is 9. The Labute approximate surface area is 219 Å². The van der Waals surface area contributed by atoms with Crippen molar-refractivity contribution in [1.82, 2.24) is 10.2 Å². The van der Waals surface area contributed by atoms with E-state index >= 15 is 0 Å². The topological polar surface area (TPSA) is 86.8 Å². The number of sulfonamides is 1. The van der Waals surface area contributed by atoms with Gasteiger partial charge in [0.05, 0.1) is 10.6 Å². The molecule has 1 atom stereocenters. The van der Waals surface area contributed by atoms with E-state index in [-0.39, 0.29) is 22.2 Å². The molecule has 36 heavy (non-hydrogen) atoms. The standard InChI is InChI=1S/C25H24Cl2FN3O4S/c1-17(25(33)29-2)30(15-18-12-13-19(26)14-21(18)27)24(32)16-31(23-11-7-6-10-22(23)28)36(34,35)20-8-4-3-5-9-20/h3-14,17H,15-16H2,1-2H3,(H,29,33)/t17-/m1/s1. The largest absolute Gasteiger partial charge is 0.357 e. The summed E-state index contributed by atoms with van der Waals surface area (Å²) in [5.74, 6) is -2.03. The Kier molecular flexibility index (Phi) is 8.94. The normalized spacial score (nSPS) is 12.0. The molecular formula is C25H24Cl2FN3O4S. The molecule has 0 saturated carbocycles. The van der Waals surface area contributed by atoms with Crippen molar-refractivity contribution in [2.24, 2.45) is 0 Å². The molecule has 3 aromatic carbocycles. The number of halogens is 3. The number of carbonyl (C=O) groups is 2. The van der Waals surface area contributed by atoms with Crippen LogP contribution in [0.4, 0.5) is 10.1 Å². The van der Waals surface area contributed by atoms with Gasteiger partial charge >= 0.3 is 0 Å². The van der Waals surface area contributed by atoms with Gasteiger partial charge in [0.25, 0.3) is 10.0 Å². The van der Waals surface area contributed by atoms with Gasteiger partial charge in [-0.3, -0.25) is 13.9 Å². The molecule has 190 valence electrons. The van der Waals surface area contributed by atoms with Crippen molar-refractivity contribution in [3.63, 3.8) is 0 Å². The zero-order valence-electron chi connectivity index (χ0n) is 19.5. The second-order valence-electron chi connectivity index (χ2n) is 7.82. The van der Waals surface area contributed by atoms with Gasteiger partial charge in [-0.25, -0.2) is 12.8 Å². The van der Waals surface area contributed by atoms with E-state index < -0.39 is 40.2 Å². The molecule has 0 aliphatic heterocycles. The van der Waals surface area contributed by atoms with Gasteiger partial charge in [0, 0.05) is 23.6 Å². The van der Waals surface area contributed by atoms with E-state index in [2.05, 4.69) is 5.32 Å². The van der Waals surface area contributed by atoms with Crippen LogP contribution in [0.15, 0.2) is 77.7 Å². The first-order chi connectivity index (χ1) is 17.1. The predicted molar refractivity (Wildman–Crippen MR) is 138 cm³/mol. The fraction of sp³-hybridized carbons (Fsp3) is 0.200. The summed E-state index contributed by atoms with van der Waals surface area (Å²) < 4.78 is 42.5. The average molecular weight is 552 g/mol. The summed E-state index contributed by atoms with van der Waals surface area (Å²) in [5, 5.41) is 3.14. The summed E-state index contributed by atoms with van der Waals surface area (Å²) in [7, 11) is -2.92. The average Bonchev–Trinajstić information content (AvgIpc) is 2.86. The van der Waals surface area contributed by atoms with Crippen LogP contribution in [-0.2, 0) is 26.2 Å². The fourth-order valence-corrected chi connectivity index (χ4v) is 5.42. The lowest BCUT2D eigenvalue weighted by Gasteiger charge is -2.32. The van der Waals surface area contributed by atoms with Gasteiger partial charge in [-0.15, -0.1) is 0 Å². The number of para-hydroxylation sites is 1. The third-order valence-electron chi connectivity index (χ3n) is 5.50. The maximum absolute atomic E-state index is 14.8.